The normalized spacial score (nSPS) is 19.2. The van der Waals surface area contributed by atoms with Gasteiger partial charge in [-0.15, -0.1) is 0 Å². The highest BCUT2D eigenvalue weighted by Crippen LogP contribution is 2.46. The van der Waals surface area contributed by atoms with E-state index in [-0.39, 0.29) is 28.9 Å². The van der Waals surface area contributed by atoms with Crippen LogP contribution in [0.1, 0.15) is 76.0 Å². The number of hydrogen-bond acceptors (Lipinski definition) is 11. The molecule has 1 atom stereocenters. The Labute approximate surface area is 307 Å². The molecular formula is C38H48F3N9O3. The summed E-state index contributed by atoms with van der Waals surface area (Å²) in [5.41, 5.74) is 2.93. The molecule has 12 nitrogen and oxygen atoms in total. The molecule has 4 aromatic rings. The van der Waals surface area contributed by atoms with Gasteiger partial charge >= 0.3 is 12.1 Å². The number of pyridine rings is 2. The fraction of sp³-hybridized carbons (Fsp3) is 0.579. The van der Waals surface area contributed by atoms with Crippen molar-refractivity contribution < 1.29 is 27.4 Å². The summed E-state index contributed by atoms with van der Waals surface area (Å²) in [5.74, 6) is 0.919. The zero-order chi connectivity index (χ0) is 37.3. The van der Waals surface area contributed by atoms with E-state index >= 15 is 0 Å². The lowest BCUT2D eigenvalue weighted by atomic mass is 9.86. The number of hydrogen-bond donors (Lipinski definition) is 1. The van der Waals surface area contributed by atoms with E-state index in [1.54, 1.807) is 25.6 Å². The first kappa shape index (κ1) is 37.0. The first-order chi connectivity index (χ1) is 25.5. The number of methoxy groups -OCH3 is 1. The van der Waals surface area contributed by atoms with Gasteiger partial charge in [0.1, 0.15) is 22.7 Å². The van der Waals surface area contributed by atoms with Crippen molar-refractivity contribution >= 4 is 28.6 Å². The third-order valence-corrected chi connectivity index (χ3v) is 10.9. The van der Waals surface area contributed by atoms with Gasteiger partial charge in [0.2, 0.25) is 0 Å². The predicted octanol–water partition coefficient (Wildman–Crippen LogP) is 6.48. The van der Waals surface area contributed by atoms with Crippen LogP contribution < -0.4 is 9.80 Å². The second-order valence-electron chi connectivity index (χ2n) is 14.9. The lowest BCUT2D eigenvalue weighted by molar-refractivity contribution is -0.143. The largest absolute Gasteiger partial charge is 0.466 e. The average Bonchev–Trinajstić information content (AvgIpc) is 3.74. The number of nitrogens with zero attached hydrogens (tertiary/aromatic N) is 8. The number of rotatable bonds is 13. The van der Waals surface area contributed by atoms with Gasteiger partial charge in [-0.2, -0.15) is 13.2 Å². The molecule has 1 N–H and O–H groups in total. The molecule has 2 saturated carbocycles. The lowest BCUT2D eigenvalue weighted by Gasteiger charge is -2.40. The van der Waals surface area contributed by atoms with Gasteiger partial charge in [-0.3, -0.25) is 14.7 Å². The Morgan fingerprint density at radius 2 is 1.85 bits per heavy atom. The molecule has 3 fully saturated rings. The number of esters is 1. The zero-order valence-electron chi connectivity index (χ0n) is 30.9. The molecule has 0 unspecified atom stereocenters. The van der Waals surface area contributed by atoms with E-state index in [1.807, 2.05) is 20.0 Å². The van der Waals surface area contributed by atoms with Crippen molar-refractivity contribution in [3.8, 4) is 22.8 Å². The summed E-state index contributed by atoms with van der Waals surface area (Å²) in [6.07, 6.45) is 6.38. The summed E-state index contributed by atoms with van der Waals surface area (Å²) in [7, 11) is 3.77. The zero-order valence-corrected chi connectivity index (χ0v) is 30.9. The summed E-state index contributed by atoms with van der Waals surface area (Å²) in [5, 5.41) is 0. The Morgan fingerprint density at radius 1 is 1.06 bits per heavy atom. The number of piperazine rings is 1. The van der Waals surface area contributed by atoms with Crippen LogP contribution in [0.15, 0.2) is 30.7 Å². The molecule has 53 heavy (non-hydrogen) atoms. The second kappa shape index (κ2) is 15.2. The Bertz CT molecular complexity index is 1910. The Hall–Kier alpha value is -4.37. The highest BCUT2D eigenvalue weighted by molar-refractivity contribution is 5.91. The molecule has 0 spiro atoms. The molecule has 7 rings (SSSR count). The quantitative estimate of drug-likeness (QED) is 0.152. The van der Waals surface area contributed by atoms with E-state index in [9.17, 15) is 18.0 Å². The van der Waals surface area contributed by atoms with Crippen LogP contribution in [0, 0.1) is 5.41 Å². The minimum absolute atomic E-state index is 0.0119. The maximum absolute atomic E-state index is 13.9. The van der Waals surface area contributed by atoms with E-state index in [1.165, 1.54) is 6.20 Å². The van der Waals surface area contributed by atoms with Gasteiger partial charge in [0.25, 0.3) is 0 Å². The SMILES string of the molecule is CCOC(=O)CCN1CCN(c2cnc(-c3nc4nc(-c5cnc(C(F)(F)F)c(C6CC6)c5)cc(N(C)CC5(COC)CCCC5)c4[nH]3)cn2)[C@H](C)C1. The molecule has 4 aromatic heterocycles. The van der Waals surface area contributed by atoms with Crippen LogP contribution in [0.4, 0.5) is 24.7 Å². The third kappa shape index (κ3) is 8.10. The molecule has 1 saturated heterocycles. The van der Waals surface area contributed by atoms with Crippen molar-refractivity contribution in [3.63, 3.8) is 0 Å². The minimum Gasteiger partial charge on any atom is -0.466 e. The number of carbonyl (C=O) groups excluding carboxylic acids is 1. The summed E-state index contributed by atoms with van der Waals surface area (Å²) in [4.78, 5) is 45.1. The molecule has 0 radical (unpaired) electrons. The number of H-pyrrole nitrogens is 1. The highest BCUT2D eigenvalue weighted by atomic mass is 19.4. The molecule has 3 aliphatic rings. The van der Waals surface area contributed by atoms with Crippen LogP contribution in [0.5, 0.6) is 0 Å². The first-order valence-corrected chi connectivity index (χ1v) is 18.6. The maximum Gasteiger partial charge on any atom is 0.433 e. The smallest absolute Gasteiger partial charge is 0.433 e. The van der Waals surface area contributed by atoms with Gasteiger partial charge in [0.15, 0.2) is 11.5 Å². The van der Waals surface area contributed by atoms with E-state index in [0.29, 0.717) is 73.0 Å². The summed E-state index contributed by atoms with van der Waals surface area (Å²) in [6.45, 7) is 8.70. The molecule has 284 valence electrons. The fourth-order valence-corrected chi connectivity index (χ4v) is 8.12. The number of alkyl halides is 3. The van der Waals surface area contributed by atoms with E-state index in [2.05, 4.69) is 31.6 Å². The summed E-state index contributed by atoms with van der Waals surface area (Å²) >= 11 is 0. The number of fused-ring (bicyclic) bond motifs is 1. The minimum atomic E-state index is -4.53. The Morgan fingerprint density at radius 3 is 2.51 bits per heavy atom. The maximum atomic E-state index is 13.9. The highest BCUT2D eigenvalue weighted by Gasteiger charge is 2.40. The standard InChI is InChI=1S/C38H48F3N9O3/c1-5-53-32(51)10-13-49-14-15-50(24(2)21-49)31-20-42-29(19-43-31)35-46-33-30(48(3)22-37(23-52-4)11-6-7-12-37)17-28(45-36(33)47-35)26-16-27(25-8-9-25)34(44-18-26)38(39,40)41/h16-20,24-25H,5-15,21-23H2,1-4H3,(H,45,46,47)/t24-/m1/s1. The van der Waals surface area contributed by atoms with Crippen molar-refractivity contribution in [1.82, 2.24) is 34.8 Å². The fourth-order valence-electron chi connectivity index (χ4n) is 8.12. The van der Waals surface area contributed by atoms with E-state index < -0.39 is 11.9 Å². The first-order valence-electron chi connectivity index (χ1n) is 18.6. The van der Waals surface area contributed by atoms with Crippen LogP contribution in [0.25, 0.3) is 33.9 Å². The number of anilines is 2. The Kier molecular flexibility index (Phi) is 10.6. The molecule has 2 aliphatic carbocycles. The molecule has 0 amide bonds. The monoisotopic (exact) mass is 735 g/mol. The number of aromatic amines is 1. The van der Waals surface area contributed by atoms with Crippen molar-refractivity contribution in [2.45, 2.75) is 76.9 Å². The van der Waals surface area contributed by atoms with Crippen LogP contribution in [-0.2, 0) is 20.4 Å². The number of aromatic nitrogens is 6. The number of ether oxygens (including phenoxy) is 2. The average molecular weight is 736 g/mol. The van der Waals surface area contributed by atoms with E-state index in [4.69, 9.17) is 29.4 Å². The number of nitrogens with one attached hydrogen (secondary N) is 1. The second-order valence-corrected chi connectivity index (χ2v) is 14.9. The van der Waals surface area contributed by atoms with Crippen molar-refractivity contribution in [2.24, 2.45) is 5.41 Å². The number of halogens is 3. The Balaban J connectivity index is 1.18. The number of imidazole rings is 1. The topological polar surface area (TPSA) is 125 Å². The van der Waals surface area contributed by atoms with Gasteiger partial charge in [0, 0.05) is 70.1 Å². The molecule has 0 aromatic carbocycles. The predicted molar refractivity (Wildman–Crippen MR) is 196 cm³/mol. The summed E-state index contributed by atoms with van der Waals surface area (Å²) < 4.78 is 52.5. The van der Waals surface area contributed by atoms with E-state index in [0.717, 1.165) is 63.4 Å². The molecule has 1 aliphatic heterocycles. The van der Waals surface area contributed by atoms with Crippen molar-refractivity contribution in [3.05, 3.63) is 42.0 Å². The van der Waals surface area contributed by atoms with Crippen LogP contribution in [0.2, 0.25) is 0 Å². The summed E-state index contributed by atoms with van der Waals surface area (Å²) in [6, 6.07) is 3.69. The van der Waals surface area contributed by atoms with Gasteiger partial charge in [-0.1, -0.05) is 12.8 Å². The van der Waals surface area contributed by atoms with Gasteiger partial charge in [-0.05, 0) is 63.1 Å². The lowest BCUT2D eigenvalue weighted by Crippen LogP contribution is -2.52. The van der Waals surface area contributed by atoms with Gasteiger partial charge < -0.3 is 24.3 Å². The van der Waals surface area contributed by atoms with Crippen molar-refractivity contribution in [2.75, 3.05) is 69.9 Å². The molecule has 0 bridgehead atoms. The van der Waals surface area contributed by atoms with Crippen molar-refractivity contribution in [1.29, 1.82) is 0 Å². The third-order valence-electron chi connectivity index (χ3n) is 10.9. The molecular weight excluding hydrogens is 687 g/mol. The van der Waals surface area contributed by atoms with Gasteiger partial charge in [-0.25, -0.2) is 19.9 Å². The van der Waals surface area contributed by atoms with Crippen LogP contribution in [0.3, 0.4) is 0 Å². The van der Waals surface area contributed by atoms with Crippen LogP contribution >= 0.6 is 0 Å². The van der Waals surface area contributed by atoms with Gasteiger partial charge in [0.05, 0.1) is 43.4 Å². The number of carbonyl (C=O) groups is 1. The molecule has 15 heteroatoms. The molecule has 5 heterocycles. The van der Waals surface area contributed by atoms with Crippen LogP contribution in [-0.4, -0.2) is 107 Å².